The lowest BCUT2D eigenvalue weighted by Gasteiger charge is -2.31. The number of piperidine rings is 1. The maximum absolute atomic E-state index is 12.6. The number of carbonyl (C=O) groups is 2. The van der Waals surface area contributed by atoms with E-state index in [2.05, 4.69) is 16.3 Å². The quantitative estimate of drug-likeness (QED) is 0.933. The molecule has 1 aromatic rings. The van der Waals surface area contributed by atoms with E-state index in [1.807, 2.05) is 18.2 Å². The van der Waals surface area contributed by atoms with Crippen molar-refractivity contribution >= 4 is 23.2 Å². The first-order valence-corrected chi connectivity index (χ1v) is 8.59. The number of likely N-dealkylation sites (tertiary alicyclic amines) is 1. The Bertz CT molecular complexity index is 581. The molecule has 0 saturated carbocycles. The molecule has 1 aromatic carbocycles. The molecule has 0 spiro atoms. The summed E-state index contributed by atoms with van der Waals surface area (Å²) in [5.41, 5.74) is 1.95. The summed E-state index contributed by atoms with van der Waals surface area (Å²) in [7, 11) is 0. The highest BCUT2D eigenvalue weighted by Gasteiger charge is 2.32. The first kappa shape index (κ1) is 15.8. The van der Waals surface area contributed by atoms with Gasteiger partial charge in [0, 0.05) is 26.6 Å². The minimum absolute atomic E-state index is 0.0213. The molecule has 2 amide bonds. The number of para-hydroxylation sites is 2. The monoisotopic (exact) mass is 315 g/mol. The minimum Gasteiger partial charge on any atom is -0.370 e. The fourth-order valence-corrected chi connectivity index (χ4v) is 3.62. The third-order valence-electron chi connectivity index (χ3n) is 4.82. The van der Waals surface area contributed by atoms with Gasteiger partial charge in [0.15, 0.2) is 0 Å². The Morgan fingerprint density at radius 1 is 1.04 bits per heavy atom. The van der Waals surface area contributed by atoms with Crippen LogP contribution in [0, 0.1) is 0 Å². The van der Waals surface area contributed by atoms with Crippen LogP contribution in [-0.4, -0.2) is 42.4 Å². The topological polar surface area (TPSA) is 52.7 Å². The zero-order chi connectivity index (χ0) is 16.2. The van der Waals surface area contributed by atoms with Crippen molar-refractivity contribution in [3.63, 3.8) is 0 Å². The molecule has 1 unspecified atom stereocenters. The molecule has 2 saturated heterocycles. The van der Waals surface area contributed by atoms with Crippen LogP contribution in [0.25, 0.3) is 0 Å². The third kappa shape index (κ3) is 3.49. The smallest absolute Gasteiger partial charge is 0.247 e. The molecule has 23 heavy (non-hydrogen) atoms. The molecule has 3 rings (SSSR count). The highest BCUT2D eigenvalue weighted by atomic mass is 16.2. The van der Waals surface area contributed by atoms with Crippen LogP contribution in [0.15, 0.2) is 24.3 Å². The predicted octanol–water partition coefficient (Wildman–Crippen LogP) is 2.63. The van der Waals surface area contributed by atoms with Gasteiger partial charge in [0.1, 0.15) is 6.04 Å². The highest BCUT2D eigenvalue weighted by Crippen LogP contribution is 2.29. The Morgan fingerprint density at radius 2 is 1.78 bits per heavy atom. The Balaban J connectivity index is 1.74. The summed E-state index contributed by atoms with van der Waals surface area (Å²) >= 11 is 0. The Hall–Kier alpha value is -2.04. The molecule has 1 N–H and O–H groups in total. The molecule has 0 aromatic heterocycles. The number of hydrogen-bond donors (Lipinski definition) is 1. The third-order valence-corrected chi connectivity index (χ3v) is 4.82. The first-order valence-electron chi connectivity index (χ1n) is 8.59. The van der Waals surface area contributed by atoms with Gasteiger partial charge in [-0.05, 0) is 44.2 Å². The molecule has 2 aliphatic rings. The summed E-state index contributed by atoms with van der Waals surface area (Å²) in [6.07, 6.45) is 5.31. The Morgan fingerprint density at radius 3 is 2.52 bits per heavy atom. The number of nitrogens with zero attached hydrogens (tertiary/aromatic N) is 2. The average molecular weight is 315 g/mol. The molecule has 0 aliphatic carbocycles. The van der Waals surface area contributed by atoms with Crippen LogP contribution in [-0.2, 0) is 9.59 Å². The van der Waals surface area contributed by atoms with E-state index in [9.17, 15) is 9.59 Å². The maximum atomic E-state index is 12.6. The van der Waals surface area contributed by atoms with Gasteiger partial charge in [-0.25, -0.2) is 0 Å². The highest BCUT2D eigenvalue weighted by molar-refractivity contribution is 5.99. The normalized spacial score (nSPS) is 21.3. The lowest BCUT2D eigenvalue weighted by Crippen LogP contribution is -2.42. The largest absolute Gasteiger partial charge is 0.370 e. The van der Waals surface area contributed by atoms with E-state index in [1.54, 1.807) is 4.90 Å². The number of hydrogen-bond acceptors (Lipinski definition) is 3. The number of nitrogens with one attached hydrogen (secondary N) is 1. The van der Waals surface area contributed by atoms with Crippen molar-refractivity contribution in [2.45, 2.75) is 45.1 Å². The van der Waals surface area contributed by atoms with Crippen molar-refractivity contribution in [2.75, 3.05) is 29.9 Å². The maximum Gasteiger partial charge on any atom is 0.247 e. The average Bonchev–Trinajstić information content (AvgIpc) is 3.06. The molecule has 2 heterocycles. The SMILES string of the molecule is CC(=O)N1CCCC1C(=O)Nc1ccccc1N1CCCCC1. The van der Waals surface area contributed by atoms with E-state index in [4.69, 9.17) is 0 Å². The summed E-state index contributed by atoms with van der Waals surface area (Å²) in [5.74, 6) is -0.0888. The second-order valence-electron chi connectivity index (χ2n) is 6.42. The fraction of sp³-hybridized carbons (Fsp3) is 0.556. The van der Waals surface area contributed by atoms with Gasteiger partial charge in [-0.1, -0.05) is 12.1 Å². The zero-order valence-corrected chi connectivity index (χ0v) is 13.8. The summed E-state index contributed by atoms with van der Waals surface area (Å²) in [4.78, 5) is 28.3. The van der Waals surface area contributed by atoms with Crippen LogP contribution in [0.3, 0.4) is 0 Å². The summed E-state index contributed by atoms with van der Waals surface area (Å²) in [5, 5.41) is 3.06. The van der Waals surface area contributed by atoms with Crippen LogP contribution in [0.4, 0.5) is 11.4 Å². The van der Waals surface area contributed by atoms with Crippen molar-refractivity contribution in [3.8, 4) is 0 Å². The van der Waals surface area contributed by atoms with E-state index < -0.39 is 0 Å². The van der Waals surface area contributed by atoms with Crippen molar-refractivity contribution < 1.29 is 9.59 Å². The number of anilines is 2. The summed E-state index contributed by atoms with van der Waals surface area (Å²) in [6, 6.07) is 7.65. The second-order valence-corrected chi connectivity index (χ2v) is 6.42. The lowest BCUT2D eigenvalue weighted by atomic mass is 10.1. The van der Waals surface area contributed by atoms with Crippen molar-refractivity contribution in [1.29, 1.82) is 0 Å². The van der Waals surface area contributed by atoms with Gasteiger partial charge in [0.05, 0.1) is 11.4 Å². The van der Waals surface area contributed by atoms with Crippen LogP contribution < -0.4 is 10.2 Å². The Labute approximate surface area is 137 Å². The molecule has 0 radical (unpaired) electrons. The summed E-state index contributed by atoms with van der Waals surface area (Å²) < 4.78 is 0. The number of rotatable bonds is 3. The van der Waals surface area contributed by atoms with Crippen LogP contribution >= 0.6 is 0 Å². The van der Waals surface area contributed by atoms with Gasteiger partial charge >= 0.3 is 0 Å². The Kier molecular flexibility index (Phi) is 4.84. The van der Waals surface area contributed by atoms with E-state index in [-0.39, 0.29) is 17.9 Å². The van der Waals surface area contributed by atoms with Gasteiger partial charge in [-0.3, -0.25) is 9.59 Å². The molecule has 0 bridgehead atoms. The second kappa shape index (κ2) is 7.02. The molecule has 5 heteroatoms. The van der Waals surface area contributed by atoms with E-state index in [0.717, 1.165) is 37.3 Å². The molecule has 1 atom stereocenters. The van der Waals surface area contributed by atoms with Crippen LogP contribution in [0.1, 0.15) is 39.0 Å². The van der Waals surface area contributed by atoms with Gasteiger partial charge in [-0.15, -0.1) is 0 Å². The minimum atomic E-state index is -0.332. The number of carbonyl (C=O) groups excluding carboxylic acids is 2. The molecule has 2 fully saturated rings. The van der Waals surface area contributed by atoms with Gasteiger partial charge < -0.3 is 15.1 Å². The lowest BCUT2D eigenvalue weighted by molar-refractivity contribution is -0.134. The number of benzene rings is 1. The molecule has 2 aliphatic heterocycles. The number of amides is 2. The van der Waals surface area contributed by atoms with Gasteiger partial charge in [0.25, 0.3) is 0 Å². The first-order chi connectivity index (χ1) is 11.2. The van der Waals surface area contributed by atoms with Crippen molar-refractivity contribution in [3.05, 3.63) is 24.3 Å². The fourth-order valence-electron chi connectivity index (χ4n) is 3.62. The zero-order valence-electron chi connectivity index (χ0n) is 13.8. The van der Waals surface area contributed by atoms with Crippen molar-refractivity contribution in [1.82, 2.24) is 4.90 Å². The van der Waals surface area contributed by atoms with Gasteiger partial charge in [-0.2, -0.15) is 0 Å². The van der Waals surface area contributed by atoms with E-state index in [0.29, 0.717) is 6.54 Å². The summed E-state index contributed by atoms with van der Waals surface area (Å²) in [6.45, 7) is 4.29. The standard InChI is InChI=1S/C18H25N3O2/c1-14(22)21-13-7-10-17(21)18(23)19-15-8-3-4-9-16(15)20-11-5-2-6-12-20/h3-4,8-9,17H,2,5-7,10-13H2,1H3,(H,19,23). The molecular formula is C18H25N3O2. The van der Waals surface area contributed by atoms with Crippen molar-refractivity contribution in [2.24, 2.45) is 0 Å². The van der Waals surface area contributed by atoms with Crippen LogP contribution in [0.5, 0.6) is 0 Å². The van der Waals surface area contributed by atoms with E-state index in [1.165, 1.54) is 26.2 Å². The van der Waals surface area contributed by atoms with E-state index >= 15 is 0 Å². The van der Waals surface area contributed by atoms with Crippen LogP contribution in [0.2, 0.25) is 0 Å². The van der Waals surface area contributed by atoms with Gasteiger partial charge in [0.2, 0.25) is 11.8 Å². The molecule has 5 nitrogen and oxygen atoms in total. The molecular weight excluding hydrogens is 290 g/mol. The predicted molar refractivity (Wildman–Crippen MR) is 91.5 cm³/mol. The molecule has 124 valence electrons.